The fourth-order valence-electron chi connectivity index (χ4n) is 3.82. The molecule has 0 spiro atoms. The van der Waals surface area contributed by atoms with E-state index in [0.717, 1.165) is 4.57 Å². The van der Waals surface area contributed by atoms with Crippen molar-refractivity contribution in [1.29, 1.82) is 0 Å². The number of carboxylic acid groups (broad SMARTS) is 1. The summed E-state index contributed by atoms with van der Waals surface area (Å²) in [7, 11) is 1.29. The van der Waals surface area contributed by atoms with E-state index in [1.54, 1.807) is 24.3 Å². The van der Waals surface area contributed by atoms with Gasteiger partial charge in [-0.25, -0.2) is 9.78 Å². The van der Waals surface area contributed by atoms with Crippen molar-refractivity contribution in [3.8, 4) is 0 Å². The topological polar surface area (TPSA) is 195 Å². The van der Waals surface area contributed by atoms with Gasteiger partial charge in [-0.2, -0.15) is 15.1 Å². The number of fused-ring (bicyclic) bond motifs is 1. The standard InChI is InChI=1S/C22H24ClN7O6/c1-35-13(16(31)19(32)30-11-25-15-17(24)27-21(23)28-18(15)30)10-36-22(20(33)34,14-7-8-26-29-14)9-12-5-3-2-4-6-12/h2-8,11,13,16,19,31-32H,9-10H2,1H3,(H,26,29)(H,33,34)(H2,24,27,28)/t13-,16-,19-,22-/m1/s1. The molecule has 4 rings (SSSR count). The van der Waals surface area contributed by atoms with Gasteiger partial charge < -0.3 is 30.5 Å². The lowest BCUT2D eigenvalue weighted by atomic mass is 9.90. The van der Waals surface area contributed by atoms with Crippen molar-refractivity contribution in [1.82, 2.24) is 29.7 Å². The van der Waals surface area contributed by atoms with E-state index in [9.17, 15) is 20.1 Å². The summed E-state index contributed by atoms with van der Waals surface area (Å²) < 4.78 is 12.4. The zero-order valence-corrected chi connectivity index (χ0v) is 19.8. The van der Waals surface area contributed by atoms with Crippen LogP contribution in [0, 0.1) is 0 Å². The van der Waals surface area contributed by atoms with Gasteiger partial charge in [0.1, 0.15) is 23.4 Å². The molecule has 4 atom stereocenters. The molecule has 0 saturated carbocycles. The van der Waals surface area contributed by atoms with E-state index in [2.05, 4.69) is 25.1 Å². The molecule has 0 amide bonds. The Balaban J connectivity index is 1.60. The third-order valence-corrected chi connectivity index (χ3v) is 5.91. The molecule has 0 saturated heterocycles. The lowest BCUT2D eigenvalue weighted by molar-refractivity contribution is -0.183. The van der Waals surface area contributed by atoms with Crippen LogP contribution in [0.2, 0.25) is 5.28 Å². The second-order valence-corrected chi connectivity index (χ2v) is 8.28. The number of nitrogens with zero attached hydrogens (tertiary/aromatic N) is 5. The maximum Gasteiger partial charge on any atom is 0.342 e. The number of imidazole rings is 1. The van der Waals surface area contributed by atoms with Crippen LogP contribution in [-0.4, -0.2) is 76.9 Å². The number of anilines is 1. The number of hydrogen-bond acceptors (Lipinski definition) is 10. The first-order valence-corrected chi connectivity index (χ1v) is 11.1. The van der Waals surface area contributed by atoms with E-state index in [1.165, 1.54) is 25.7 Å². The number of H-pyrrole nitrogens is 1. The number of aromatic amines is 1. The molecule has 3 aromatic heterocycles. The van der Waals surface area contributed by atoms with Crippen LogP contribution in [0.1, 0.15) is 17.5 Å². The number of aromatic nitrogens is 6. The lowest BCUT2D eigenvalue weighted by Crippen LogP contribution is -2.46. The predicted molar refractivity (Wildman–Crippen MR) is 127 cm³/mol. The minimum absolute atomic E-state index is 0.00298. The van der Waals surface area contributed by atoms with Crippen LogP contribution in [0.4, 0.5) is 5.82 Å². The maximum absolute atomic E-state index is 12.5. The molecule has 36 heavy (non-hydrogen) atoms. The molecular formula is C22H24ClN7O6. The van der Waals surface area contributed by atoms with Gasteiger partial charge >= 0.3 is 5.97 Å². The Morgan fingerprint density at radius 3 is 2.64 bits per heavy atom. The highest BCUT2D eigenvalue weighted by Crippen LogP contribution is 2.31. The molecule has 3 heterocycles. The van der Waals surface area contributed by atoms with Gasteiger partial charge in [0.25, 0.3) is 0 Å². The number of rotatable bonds is 11. The SMILES string of the molecule is CO[C@H](CO[C@@](Cc1ccccc1)(C(=O)O)c1cc[nH]n1)[C@@H](O)[C@@H](O)n1cnc2c(N)nc(Cl)nc21. The van der Waals surface area contributed by atoms with Crippen LogP contribution >= 0.6 is 11.6 Å². The molecule has 6 N–H and O–H groups in total. The molecule has 0 aliphatic rings. The van der Waals surface area contributed by atoms with Crippen LogP contribution in [-0.2, 0) is 26.3 Å². The Hall–Kier alpha value is -3.62. The zero-order chi connectivity index (χ0) is 25.9. The summed E-state index contributed by atoms with van der Waals surface area (Å²) in [5, 5.41) is 38.5. The van der Waals surface area contributed by atoms with E-state index >= 15 is 0 Å². The Morgan fingerprint density at radius 2 is 2.00 bits per heavy atom. The molecule has 13 nitrogen and oxygen atoms in total. The first-order valence-electron chi connectivity index (χ1n) is 10.7. The molecule has 14 heteroatoms. The van der Waals surface area contributed by atoms with Crippen molar-refractivity contribution in [3.05, 3.63) is 65.5 Å². The monoisotopic (exact) mass is 517 g/mol. The van der Waals surface area contributed by atoms with E-state index in [-0.39, 0.29) is 34.4 Å². The number of nitrogens with two attached hydrogens (primary N) is 1. The summed E-state index contributed by atoms with van der Waals surface area (Å²) >= 11 is 5.88. The highest BCUT2D eigenvalue weighted by atomic mass is 35.5. The second-order valence-electron chi connectivity index (χ2n) is 7.95. The average molecular weight is 518 g/mol. The van der Waals surface area contributed by atoms with Crippen molar-refractivity contribution in [3.63, 3.8) is 0 Å². The van der Waals surface area contributed by atoms with E-state index in [4.69, 9.17) is 26.8 Å². The number of aliphatic carboxylic acids is 1. The van der Waals surface area contributed by atoms with Gasteiger partial charge in [-0.15, -0.1) is 0 Å². The van der Waals surface area contributed by atoms with E-state index in [1.807, 2.05) is 6.07 Å². The van der Waals surface area contributed by atoms with Crippen LogP contribution < -0.4 is 5.73 Å². The Kier molecular flexibility index (Phi) is 7.47. The van der Waals surface area contributed by atoms with Crippen LogP contribution in [0.25, 0.3) is 11.2 Å². The number of halogens is 1. The lowest BCUT2D eigenvalue weighted by Gasteiger charge is -2.32. The van der Waals surface area contributed by atoms with Crippen LogP contribution in [0.5, 0.6) is 0 Å². The van der Waals surface area contributed by atoms with Gasteiger partial charge in [0.05, 0.1) is 12.9 Å². The first-order chi connectivity index (χ1) is 17.3. The molecular weight excluding hydrogens is 494 g/mol. The highest BCUT2D eigenvalue weighted by Gasteiger charge is 2.45. The van der Waals surface area contributed by atoms with Gasteiger partial charge in [-0.1, -0.05) is 30.3 Å². The van der Waals surface area contributed by atoms with Gasteiger partial charge in [-0.3, -0.25) is 9.67 Å². The molecule has 0 aliphatic carbocycles. The smallest absolute Gasteiger partial charge is 0.342 e. The summed E-state index contributed by atoms with van der Waals surface area (Å²) in [4.78, 5) is 24.4. The Labute approximate surface area is 209 Å². The highest BCUT2D eigenvalue weighted by molar-refractivity contribution is 6.28. The van der Waals surface area contributed by atoms with Crippen LogP contribution in [0.3, 0.4) is 0 Å². The third-order valence-electron chi connectivity index (χ3n) is 5.75. The number of nitrogen functional groups attached to an aromatic ring is 1. The number of aliphatic hydroxyl groups excluding tert-OH is 2. The number of benzene rings is 1. The third kappa shape index (κ3) is 4.87. The fourth-order valence-corrected chi connectivity index (χ4v) is 3.99. The molecule has 0 unspecified atom stereocenters. The predicted octanol–water partition coefficient (Wildman–Crippen LogP) is 0.891. The van der Waals surface area contributed by atoms with E-state index in [0.29, 0.717) is 5.56 Å². The largest absolute Gasteiger partial charge is 0.479 e. The number of hydrogen-bond donors (Lipinski definition) is 5. The molecule has 0 aliphatic heterocycles. The summed E-state index contributed by atoms with van der Waals surface area (Å²) in [5.74, 6) is -1.28. The fraction of sp³-hybridized carbons (Fsp3) is 0.318. The normalized spacial score (nSPS) is 15.9. The van der Waals surface area contributed by atoms with Crippen molar-refractivity contribution in [2.45, 2.75) is 30.5 Å². The van der Waals surface area contributed by atoms with E-state index < -0.39 is 36.6 Å². The Morgan fingerprint density at radius 1 is 1.25 bits per heavy atom. The molecule has 0 fully saturated rings. The molecule has 0 radical (unpaired) electrons. The number of nitrogens with one attached hydrogen (secondary N) is 1. The summed E-state index contributed by atoms with van der Waals surface area (Å²) in [6, 6.07) is 10.4. The molecule has 190 valence electrons. The first kappa shape index (κ1) is 25.5. The number of aliphatic hydroxyl groups is 2. The number of ether oxygens (including phenoxy) is 2. The minimum atomic E-state index is -1.90. The van der Waals surface area contributed by atoms with Crippen molar-refractivity contribution >= 4 is 34.6 Å². The summed E-state index contributed by atoms with van der Waals surface area (Å²) in [5.41, 5.74) is 5.00. The van der Waals surface area contributed by atoms with Gasteiger partial charge in [0.15, 0.2) is 17.7 Å². The Bertz CT molecular complexity index is 1320. The van der Waals surface area contributed by atoms with Crippen molar-refractivity contribution < 1.29 is 29.6 Å². The number of carboxylic acids is 1. The van der Waals surface area contributed by atoms with Gasteiger partial charge in [-0.05, 0) is 23.2 Å². The molecule has 1 aromatic carbocycles. The molecule has 4 aromatic rings. The van der Waals surface area contributed by atoms with Gasteiger partial charge in [0, 0.05) is 19.7 Å². The van der Waals surface area contributed by atoms with Crippen molar-refractivity contribution in [2.75, 3.05) is 19.5 Å². The maximum atomic E-state index is 12.5. The molecule has 0 bridgehead atoms. The van der Waals surface area contributed by atoms with Gasteiger partial charge in [0.2, 0.25) is 10.9 Å². The second kappa shape index (κ2) is 10.6. The average Bonchev–Trinajstić information content (AvgIpc) is 3.54. The van der Waals surface area contributed by atoms with Crippen LogP contribution in [0.15, 0.2) is 48.9 Å². The zero-order valence-electron chi connectivity index (χ0n) is 19.0. The quantitative estimate of drug-likeness (QED) is 0.177. The number of carbonyl (C=O) groups is 1. The summed E-state index contributed by atoms with van der Waals surface area (Å²) in [6.45, 7) is -0.411. The summed E-state index contributed by atoms with van der Waals surface area (Å²) in [6.07, 6.45) is -1.73. The number of methoxy groups -OCH3 is 1. The van der Waals surface area contributed by atoms with Crippen molar-refractivity contribution in [2.24, 2.45) is 0 Å². The minimum Gasteiger partial charge on any atom is -0.479 e.